The first-order chi connectivity index (χ1) is 21.8. The molecule has 1 heterocycles. The molecule has 0 aliphatic carbocycles. The lowest BCUT2D eigenvalue weighted by Crippen LogP contribution is -2.10. The Hall–Kier alpha value is -5.86. The first kappa shape index (κ1) is 25.8. The molecular formula is C42H30N2. The maximum absolute atomic E-state index is 2.39. The molecule has 0 N–H and O–H groups in total. The van der Waals surface area contributed by atoms with Crippen LogP contribution in [-0.2, 0) is 0 Å². The average molecular weight is 563 g/mol. The third kappa shape index (κ3) is 4.63. The van der Waals surface area contributed by atoms with Gasteiger partial charge in [0.1, 0.15) is 0 Å². The molecule has 0 fully saturated rings. The minimum absolute atomic E-state index is 1.11. The van der Waals surface area contributed by atoms with Crippen molar-refractivity contribution in [2.75, 3.05) is 4.90 Å². The number of nitrogens with zero attached hydrogens (tertiary/aromatic N) is 2. The second-order valence-corrected chi connectivity index (χ2v) is 11.1. The molecule has 0 unspecified atom stereocenters. The zero-order valence-corrected chi connectivity index (χ0v) is 24.2. The molecule has 7 aromatic carbocycles. The Kier molecular flexibility index (Phi) is 6.51. The van der Waals surface area contributed by atoms with E-state index in [1.54, 1.807) is 0 Å². The molecule has 0 bridgehead atoms. The molecule has 2 nitrogen and oxygen atoms in total. The van der Waals surface area contributed by atoms with Crippen LogP contribution >= 0.6 is 0 Å². The van der Waals surface area contributed by atoms with Crippen molar-refractivity contribution in [3.8, 4) is 27.9 Å². The zero-order valence-electron chi connectivity index (χ0n) is 24.2. The molecule has 0 aliphatic heterocycles. The molecule has 0 saturated heterocycles. The lowest BCUT2D eigenvalue weighted by Gasteiger charge is -2.26. The number of rotatable bonds is 6. The minimum atomic E-state index is 1.11. The van der Waals surface area contributed by atoms with Gasteiger partial charge in [-0.3, -0.25) is 0 Å². The van der Waals surface area contributed by atoms with Crippen molar-refractivity contribution < 1.29 is 0 Å². The lowest BCUT2D eigenvalue weighted by atomic mass is 10.0. The van der Waals surface area contributed by atoms with E-state index in [1.165, 1.54) is 44.1 Å². The number of para-hydroxylation sites is 2. The van der Waals surface area contributed by atoms with Crippen LogP contribution < -0.4 is 4.90 Å². The third-order valence-corrected chi connectivity index (χ3v) is 8.38. The fourth-order valence-corrected chi connectivity index (χ4v) is 6.27. The Morgan fingerprint density at radius 2 is 0.818 bits per heavy atom. The van der Waals surface area contributed by atoms with E-state index in [2.05, 4.69) is 191 Å². The van der Waals surface area contributed by atoms with E-state index < -0.39 is 0 Å². The van der Waals surface area contributed by atoms with Crippen molar-refractivity contribution in [2.24, 2.45) is 0 Å². The monoisotopic (exact) mass is 562 g/mol. The van der Waals surface area contributed by atoms with Crippen LogP contribution in [0.15, 0.2) is 182 Å². The fourth-order valence-electron chi connectivity index (χ4n) is 6.27. The van der Waals surface area contributed by atoms with Crippen LogP contribution in [0.1, 0.15) is 0 Å². The maximum Gasteiger partial charge on any atom is 0.0561 e. The molecule has 0 amide bonds. The highest BCUT2D eigenvalue weighted by atomic mass is 15.1. The van der Waals surface area contributed by atoms with E-state index >= 15 is 0 Å². The highest BCUT2D eigenvalue weighted by Crippen LogP contribution is 2.40. The molecule has 0 aliphatic rings. The summed E-state index contributed by atoms with van der Waals surface area (Å²) in [6.45, 7) is 0. The van der Waals surface area contributed by atoms with Crippen molar-refractivity contribution in [1.82, 2.24) is 4.57 Å². The van der Waals surface area contributed by atoms with E-state index in [0.717, 1.165) is 22.7 Å². The van der Waals surface area contributed by atoms with Gasteiger partial charge in [0.15, 0.2) is 0 Å². The summed E-state index contributed by atoms with van der Waals surface area (Å²) in [6, 6.07) is 65.1. The normalized spacial score (nSPS) is 11.2. The van der Waals surface area contributed by atoms with Crippen molar-refractivity contribution in [2.45, 2.75) is 0 Å². The summed E-state index contributed by atoms with van der Waals surface area (Å²) in [4.78, 5) is 2.34. The van der Waals surface area contributed by atoms with Gasteiger partial charge in [-0.1, -0.05) is 121 Å². The summed E-state index contributed by atoms with van der Waals surface area (Å²) < 4.78 is 2.39. The van der Waals surface area contributed by atoms with Gasteiger partial charge in [-0.25, -0.2) is 0 Å². The van der Waals surface area contributed by atoms with Crippen LogP contribution in [0.2, 0.25) is 0 Å². The maximum atomic E-state index is 2.39. The number of anilines is 3. The van der Waals surface area contributed by atoms with Gasteiger partial charge in [-0.15, -0.1) is 0 Å². The summed E-state index contributed by atoms with van der Waals surface area (Å²) >= 11 is 0. The van der Waals surface area contributed by atoms with E-state index in [0.29, 0.717) is 0 Å². The standard InChI is InChI=1S/C42H30N2/c1-5-13-31(14-6-1)33-21-24-37(25-22-33)43(35-17-9-3-10-18-35)38-26-27-39-40-29-34(32-15-7-2-8-16-32)23-28-41(40)44(42(39)30-38)36-19-11-4-12-20-36/h1-30H. The second-order valence-electron chi connectivity index (χ2n) is 11.1. The zero-order chi connectivity index (χ0) is 29.3. The largest absolute Gasteiger partial charge is 0.310 e. The number of benzene rings is 7. The Labute approximate surface area is 257 Å². The van der Waals surface area contributed by atoms with E-state index in [4.69, 9.17) is 0 Å². The summed E-state index contributed by atoms with van der Waals surface area (Å²) in [5, 5.41) is 2.48. The first-order valence-corrected chi connectivity index (χ1v) is 15.0. The molecule has 0 saturated carbocycles. The molecule has 0 atom stereocenters. The highest BCUT2D eigenvalue weighted by molar-refractivity contribution is 6.11. The Balaban J connectivity index is 1.33. The molecule has 44 heavy (non-hydrogen) atoms. The third-order valence-electron chi connectivity index (χ3n) is 8.38. The average Bonchev–Trinajstić information content (AvgIpc) is 3.43. The van der Waals surface area contributed by atoms with E-state index in [-0.39, 0.29) is 0 Å². The number of hydrogen-bond acceptors (Lipinski definition) is 1. The van der Waals surface area contributed by atoms with E-state index in [9.17, 15) is 0 Å². The quantitative estimate of drug-likeness (QED) is 0.196. The topological polar surface area (TPSA) is 8.17 Å². The molecule has 0 spiro atoms. The van der Waals surface area contributed by atoms with Crippen molar-refractivity contribution in [3.63, 3.8) is 0 Å². The summed E-state index contributed by atoms with van der Waals surface area (Å²) in [5.74, 6) is 0. The second kappa shape index (κ2) is 11.1. The van der Waals surface area contributed by atoms with Gasteiger partial charge in [-0.05, 0) is 82.9 Å². The number of aromatic nitrogens is 1. The Bertz CT molecular complexity index is 2180. The number of hydrogen-bond donors (Lipinski definition) is 0. The molecular weight excluding hydrogens is 532 g/mol. The van der Waals surface area contributed by atoms with Gasteiger partial charge in [-0.2, -0.15) is 0 Å². The summed E-state index contributed by atoms with van der Waals surface area (Å²) in [7, 11) is 0. The summed E-state index contributed by atoms with van der Waals surface area (Å²) in [5.41, 5.74) is 11.7. The van der Waals surface area contributed by atoms with Gasteiger partial charge in [0, 0.05) is 33.5 Å². The Morgan fingerprint density at radius 3 is 1.48 bits per heavy atom. The van der Waals surface area contributed by atoms with Crippen molar-refractivity contribution in [1.29, 1.82) is 0 Å². The van der Waals surface area contributed by atoms with Gasteiger partial charge < -0.3 is 9.47 Å². The van der Waals surface area contributed by atoms with Crippen molar-refractivity contribution in [3.05, 3.63) is 182 Å². The van der Waals surface area contributed by atoms with Crippen LogP contribution in [0.4, 0.5) is 17.1 Å². The van der Waals surface area contributed by atoms with Gasteiger partial charge in [0.05, 0.1) is 11.0 Å². The van der Waals surface area contributed by atoms with Gasteiger partial charge in [0.2, 0.25) is 0 Å². The Morgan fingerprint density at radius 1 is 0.318 bits per heavy atom. The molecule has 208 valence electrons. The smallest absolute Gasteiger partial charge is 0.0561 e. The predicted octanol–water partition coefficient (Wildman–Crippen LogP) is 11.6. The van der Waals surface area contributed by atoms with E-state index in [1.807, 2.05) is 0 Å². The minimum Gasteiger partial charge on any atom is -0.310 e. The van der Waals surface area contributed by atoms with Crippen LogP contribution in [0.3, 0.4) is 0 Å². The SMILES string of the molecule is c1ccc(-c2ccc(N(c3ccccc3)c3ccc4c5cc(-c6ccccc6)ccc5n(-c5ccccc5)c4c3)cc2)cc1. The first-order valence-electron chi connectivity index (χ1n) is 15.0. The number of fused-ring (bicyclic) bond motifs is 3. The summed E-state index contributed by atoms with van der Waals surface area (Å²) in [6.07, 6.45) is 0. The molecule has 8 aromatic rings. The fraction of sp³-hybridized carbons (Fsp3) is 0. The van der Waals surface area contributed by atoms with Gasteiger partial charge in [0.25, 0.3) is 0 Å². The molecule has 8 rings (SSSR count). The molecule has 2 heteroatoms. The molecule has 1 aromatic heterocycles. The van der Waals surface area contributed by atoms with Crippen LogP contribution in [0.5, 0.6) is 0 Å². The van der Waals surface area contributed by atoms with Crippen LogP contribution in [0.25, 0.3) is 49.7 Å². The van der Waals surface area contributed by atoms with Crippen LogP contribution in [0, 0.1) is 0 Å². The molecule has 0 radical (unpaired) electrons. The van der Waals surface area contributed by atoms with Gasteiger partial charge >= 0.3 is 0 Å². The highest BCUT2D eigenvalue weighted by Gasteiger charge is 2.18. The van der Waals surface area contributed by atoms with Crippen LogP contribution in [-0.4, -0.2) is 4.57 Å². The van der Waals surface area contributed by atoms with Crippen molar-refractivity contribution >= 4 is 38.9 Å². The predicted molar refractivity (Wildman–Crippen MR) is 186 cm³/mol. The lowest BCUT2D eigenvalue weighted by molar-refractivity contribution is 1.18.